The van der Waals surface area contributed by atoms with Crippen molar-refractivity contribution in [1.82, 2.24) is 9.21 Å². The molecule has 0 radical (unpaired) electrons. The molecule has 1 amide bonds. The molecule has 7 heteroatoms. The maximum absolute atomic E-state index is 12.8. The number of sulfonamides is 1. The molecule has 0 N–H and O–H groups in total. The predicted octanol–water partition coefficient (Wildman–Crippen LogP) is 2.80. The van der Waals surface area contributed by atoms with Crippen molar-refractivity contribution in [3.05, 3.63) is 52.2 Å². The Morgan fingerprint density at radius 3 is 2.33 bits per heavy atom. The Balaban J connectivity index is 1.81. The molecule has 1 aromatic heterocycles. The number of nitrogens with zero attached hydrogens (tertiary/aromatic N) is 2. The Hall–Kier alpha value is -1.70. The summed E-state index contributed by atoms with van der Waals surface area (Å²) in [6.07, 6.45) is 2.06. The summed E-state index contributed by atoms with van der Waals surface area (Å²) in [5.41, 5.74) is 1.65. The lowest BCUT2D eigenvalue weighted by atomic mass is 10.2. The lowest BCUT2D eigenvalue weighted by Gasteiger charge is -2.22. The first-order valence-electron chi connectivity index (χ1n) is 7.74. The highest BCUT2D eigenvalue weighted by Crippen LogP contribution is 2.30. The molecular formula is C17H20N2O3S2. The maximum Gasteiger partial charge on any atom is 0.254 e. The van der Waals surface area contributed by atoms with E-state index in [1.807, 2.05) is 16.3 Å². The van der Waals surface area contributed by atoms with Crippen LogP contribution >= 0.6 is 11.3 Å². The van der Waals surface area contributed by atoms with Gasteiger partial charge in [0.25, 0.3) is 5.91 Å². The van der Waals surface area contributed by atoms with Gasteiger partial charge in [-0.2, -0.15) is 11.3 Å². The van der Waals surface area contributed by atoms with E-state index in [0.29, 0.717) is 18.2 Å². The minimum Gasteiger partial charge on any atom is -0.331 e. The third-order valence-electron chi connectivity index (χ3n) is 4.06. The fourth-order valence-electron chi connectivity index (χ4n) is 2.48. The Bertz CT molecular complexity index is 808. The highest BCUT2D eigenvalue weighted by Gasteiger charge is 2.33. The SMILES string of the molecule is CN(C)S(=O)(=O)c1ccc(C(=O)N(Cc2ccsc2)C2CC2)cc1. The van der Waals surface area contributed by atoms with Crippen LogP contribution in [0.3, 0.4) is 0 Å². The van der Waals surface area contributed by atoms with Crippen LogP contribution in [0.15, 0.2) is 46.0 Å². The molecule has 0 unspecified atom stereocenters. The number of thiophene rings is 1. The number of amides is 1. The standard InChI is InChI=1S/C17H20N2O3S2/c1-18(2)24(21,22)16-7-3-14(4-8-16)17(20)19(15-5-6-15)11-13-9-10-23-12-13/h3-4,7-10,12,15H,5-6,11H2,1-2H3. The van der Waals surface area contributed by atoms with Gasteiger partial charge in [0.1, 0.15) is 0 Å². The summed E-state index contributed by atoms with van der Waals surface area (Å²) >= 11 is 1.62. The van der Waals surface area contributed by atoms with Crippen LogP contribution in [-0.4, -0.2) is 43.7 Å². The number of benzene rings is 1. The van der Waals surface area contributed by atoms with Gasteiger partial charge in [0.15, 0.2) is 0 Å². The Morgan fingerprint density at radius 1 is 1.17 bits per heavy atom. The Labute approximate surface area is 146 Å². The summed E-state index contributed by atoms with van der Waals surface area (Å²) in [6.45, 7) is 0.602. The van der Waals surface area contributed by atoms with Gasteiger partial charge >= 0.3 is 0 Å². The van der Waals surface area contributed by atoms with Gasteiger partial charge in [0.2, 0.25) is 10.0 Å². The quantitative estimate of drug-likeness (QED) is 0.792. The summed E-state index contributed by atoms with van der Waals surface area (Å²) in [7, 11) is -0.494. The molecule has 1 aliphatic carbocycles. The van der Waals surface area contributed by atoms with Crippen molar-refractivity contribution in [3.8, 4) is 0 Å². The highest BCUT2D eigenvalue weighted by atomic mass is 32.2. The molecule has 5 nitrogen and oxygen atoms in total. The van der Waals surface area contributed by atoms with Crippen molar-refractivity contribution in [2.45, 2.75) is 30.3 Å². The van der Waals surface area contributed by atoms with Crippen LogP contribution < -0.4 is 0 Å². The van der Waals surface area contributed by atoms with Gasteiger partial charge in [-0.1, -0.05) is 0 Å². The molecule has 1 aromatic carbocycles. The first kappa shape index (κ1) is 17.1. The zero-order valence-corrected chi connectivity index (χ0v) is 15.3. The fourth-order valence-corrected chi connectivity index (χ4v) is 4.04. The molecule has 0 aliphatic heterocycles. The summed E-state index contributed by atoms with van der Waals surface area (Å²) in [4.78, 5) is 14.9. The number of hydrogen-bond donors (Lipinski definition) is 0. The summed E-state index contributed by atoms with van der Waals surface area (Å²) < 4.78 is 25.4. The van der Waals surface area contributed by atoms with Gasteiger partial charge < -0.3 is 4.90 Å². The lowest BCUT2D eigenvalue weighted by molar-refractivity contribution is 0.0730. The van der Waals surface area contributed by atoms with Crippen molar-refractivity contribution in [2.75, 3.05) is 14.1 Å². The van der Waals surface area contributed by atoms with Crippen molar-refractivity contribution in [2.24, 2.45) is 0 Å². The van der Waals surface area contributed by atoms with Crippen LogP contribution in [0.4, 0.5) is 0 Å². The fraction of sp³-hybridized carbons (Fsp3) is 0.353. The van der Waals surface area contributed by atoms with Crippen LogP contribution in [-0.2, 0) is 16.6 Å². The molecule has 2 aromatic rings. The first-order chi connectivity index (χ1) is 11.4. The molecule has 3 rings (SSSR count). The Kier molecular flexibility index (Phi) is 4.76. The van der Waals surface area contributed by atoms with Gasteiger partial charge in [-0.15, -0.1) is 0 Å². The number of carbonyl (C=O) groups is 1. The second kappa shape index (κ2) is 6.66. The molecule has 0 saturated heterocycles. The van der Waals surface area contributed by atoms with Crippen LogP contribution in [0.5, 0.6) is 0 Å². The van der Waals surface area contributed by atoms with E-state index in [0.717, 1.165) is 22.7 Å². The zero-order valence-electron chi connectivity index (χ0n) is 13.7. The summed E-state index contributed by atoms with van der Waals surface area (Å²) in [5.74, 6) is -0.0440. The van der Waals surface area contributed by atoms with Crippen LogP contribution in [0.2, 0.25) is 0 Å². The first-order valence-corrected chi connectivity index (χ1v) is 10.1. The van der Waals surface area contributed by atoms with Crippen molar-refractivity contribution in [3.63, 3.8) is 0 Å². The minimum absolute atomic E-state index is 0.0440. The van der Waals surface area contributed by atoms with E-state index >= 15 is 0 Å². The third-order valence-corrected chi connectivity index (χ3v) is 6.62. The molecule has 24 heavy (non-hydrogen) atoms. The van der Waals surface area contributed by atoms with Crippen molar-refractivity contribution < 1.29 is 13.2 Å². The maximum atomic E-state index is 12.8. The minimum atomic E-state index is -3.47. The number of rotatable bonds is 6. The molecule has 1 saturated carbocycles. The number of hydrogen-bond acceptors (Lipinski definition) is 4. The normalized spacial score (nSPS) is 14.8. The molecule has 1 aliphatic rings. The lowest BCUT2D eigenvalue weighted by Crippen LogP contribution is -2.32. The molecule has 1 heterocycles. The molecule has 0 atom stereocenters. The molecular weight excluding hydrogens is 344 g/mol. The van der Waals surface area contributed by atoms with E-state index in [4.69, 9.17) is 0 Å². The van der Waals surface area contributed by atoms with Gasteiger partial charge in [0.05, 0.1) is 4.90 Å². The zero-order chi connectivity index (χ0) is 17.3. The largest absolute Gasteiger partial charge is 0.331 e. The molecule has 128 valence electrons. The average molecular weight is 364 g/mol. The molecule has 0 spiro atoms. The van der Waals surface area contributed by atoms with Crippen LogP contribution in [0.25, 0.3) is 0 Å². The van der Waals surface area contributed by atoms with Gasteiger partial charge in [0, 0.05) is 32.2 Å². The van der Waals surface area contributed by atoms with Crippen molar-refractivity contribution in [1.29, 1.82) is 0 Å². The molecule has 0 bridgehead atoms. The van der Waals surface area contributed by atoms with E-state index < -0.39 is 10.0 Å². The van der Waals surface area contributed by atoms with E-state index in [-0.39, 0.29) is 10.8 Å². The average Bonchev–Trinajstić information content (AvgIpc) is 3.28. The summed E-state index contributed by atoms with van der Waals surface area (Å²) in [6, 6.07) is 8.52. The van der Waals surface area contributed by atoms with Gasteiger partial charge in [-0.25, -0.2) is 12.7 Å². The number of carbonyl (C=O) groups excluding carboxylic acids is 1. The van der Waals surface area contributed by atoms with Gasteiger partial charge in [-0.05, 0) is 59.5 Å². The summed E-state index contributed by atoms with van der Waals surface area (Å²) in [5, 5.41) is 4.06. The second-order valence-electron chi connectivity index (χ2n) is 6.11. The van der Waals surface area contributed by atoms with Gasteiger partial charge in [-0.3, -0.25) is 4.79 Å². The third kappa shape index (κ3) is 3.53. The van der Waals surface area contributed by atoms with Crippen LogP contribution in [0.1, 0.15) is 28.8 Å². The monoisotopic (exact) mass is 364 g/mol. The topological polar surface area (TPSA) is 57.7 Å². The van der Waals surface area contributed by atoms with E-state index in [2.05, 4.69) is 5.38 Å². The van der Waals surface area contributed by atoms with E-state index in [1.54, 1.807) is 23.5 Å². The van der Waals surface area contributed by atoms with E-state index in [1.165, 1.54) is 26.2 Å². The smallest absolute Gasteiger partial charge is 0.254 e. The predicted molar refractivity (Wildman–Crippen MR) is 94.5 cm³/mol. The molecule has 1 fully saturated rings. The second-order valence-corrected chi connectivity index (χ2v) is 9.04. The highest BCUT2D eigenvalue weighted by molar-refractivity contribution is 7.89. The Morgan fingerprint density at radius 2 is 1.83 bits per heavy atom. The van der Waals surface area contributed by atoms with Crippen molar-refractivity contribution >= 4 is 27.3 Å². The van der Waals surface area contributed by atoms with E-state index in [9.17, 15) is 13.2 Å². The van der Waals surface area contributed by atoms with Crippen LogP contribution in [0, 0.1) is 0 Å².